The van der Waals surface area contributed by atoms with Crippen molar-refractivity contribution < 1.29 is 28.6 Å². The molecule has 0 aromatic heterocycles. The Morgan fingerprint density at radius 3 is 2.58 bits per heavy atom. The standard InChI is InChI=1S/C27H31N3O6/c1-34-21-10-9-19-23(24(21)35-2)27(33)30-20-7-4-3-6-18(20)26(32)29(25(19)30)13-5-8-22(31)28-16-17-11-14-36-15-12-17/h3-4,6-7,9-10,17,25H,5,8,11-16H2,1-2H3,(H,28,31). The fraction of sp³-hybridized carbons (Fsp3) is 0.444. The van der Waals surface area contributed by atoms with E-state index in [2.05, 4.69) is 5.32 Å². The average molecular weight is 494 g/mol. The van der Waals surface area contributed by atoms with E-state index in [0.29, 0.717) is 65.7 Å². The molecule has 1 N–H and O–H groups in total. The summed E-state index contributed by atoms with van der Waals surface area (Å²) in [6.07, 6.45) is 2.09. The maximum Gasteiger partial charge on any atom is 0.264 e. The van der Waals surface area contributed by atoms with Crippen molar-refractivity contribution in [2.45, 2.75) is 31.8 Å². The topological polar surface area (TPSA) is 97.4 Å². The predicted molar refractivity (Wildman–Crippen MR) is 132 cm³/mol. The number of amides is 3. The zero-order chi connectivity index (χ0) is 25.2. The van der Waals surface area contributed by atoms with Crippen LogP contribution in [0.2, 0.25) is 0 Å². The smallest absolute Gasteiger partial charge is 0.264 e. The van der Waals surface area contributed by atoms with Crippen molar-refractivity contribution in [3.63, 3.8) is 0 Å². The first kappa shape index (κ1) is 24.1. The van der Waals surface area contributed by atoms with Crippen LogP contribution in [0, 0.1) is 5.92 Å². The van der Waals surface area contributed by atoms with Crippen molar-refractivity contribution in [2.24, 2.45) is 5.92 Å². The molecule has 1 atom stereocenters. The predicted octanol–water partition coefficient (Wildman–Crippen LogP) is 3.14. The third-order valence-electron chi connectivity index (χ3n) is 7.21. The summed E-state index contributed by atoms with van der Waals surface area (Å²) >= 11 is 0. The summed E-state index contributed by atoms with van der Waals surface area (Å²) in [7, 11) is 3.02. The molecule has 2 aromatic carbocycles. The van der Waals surface area contributed by atoms with Gasteiger partial charge in [-0.25, -0.2) is 0 Å². The summed E-state index contributed by atoms with van der Waals surface area (Å²) in [5, 5.41) is 3.02. The fourth-order valence-corrected chi connectivity index (χ4v) is 5.36. The molecule has 9 heteroatoms. The highest BCUT2D eigenvalue weighted by Crippen LogP contribution is 2.49. The van der Waals surface area contributed by atoms with E-state index in [4.69, 9.17) is 14.2 Å². The van der Waals surface area contributed by atoms with Crippen LogP contribution < -0.4 is 19.7 Å². The highest BCUT2D eigenvalue weighted by atomic mass is 16.5. The average Bonchev–Trinajstić information content (AvgIpc) is 3.21. The van der Waals surface area contributed by atoms with Crippen molar-refractivity contribution >= 4 is 23.4 Å². The molecule has 3 aliphatic rings. The van der Waals surface area contributed by atoms with Crippen LogP contribution in [0.25, 0.3) is 0 Å². The Labute approximate surface area is 210 Å². The number of hydrogen-bond acceptors (Lipinski definition) is 6. The van der Waals surface area contributed by atoms with E-state index in [1.807, 2.05) is 12.1 Å². The zero-order valence-electron chi connectivity index (χ0n) is 20.6. The largest absolute Gasteiger partial charge is 0.493 e. The molecule has 2 aromatic rings. The van der Waals surface area contributed by atoms with E-state index in [0.717, 1.165) is 26.1 Å². The number of nitrogens with one attached hydrogen (secondary N) is 1. The van der Waals surface area contributed by atoms with Gasteiger partial charge in [-0.15, -0.1) is 0 Å². The first-order valence-electron chi connectivity index (χ1n) is 12.4. The minimum absolute atomic E-state index is 0.0301. The van der Waals surface area contributed by atoms with Gasteiger partial charge in [0, 0.05) is 38.3 Å². The number of anilines is 1. The van der Waals surface area contributed by atoms with Gasteiger partial charge in [-0.1, -0.05) is 18.2 Å². The Balaban J connectivity index is 1.37. The summed E-state index contributed by atoms with van der Waals surface area (Å²) in [4.78, 5) is 43.1. The number of methoxy groups -OCH3 is 2. The van der Waals surface area contributed by atoms with Gasteiger partial charge in [0.25, 0.3) is 11.8 Å². The summed E-state index contributed by atoms with van der Waals surface area (Å²) < 4.78 is 16.3. The van der Waals surface area contributed by atoms with Crippen LogP contribution in [0.15, 0.2) is 36.4 Å². The highest BCUT2D eigenvalue weighted by Gasteiger charge is 2.49. The first-order chi connectivity index (χ1) is 17.5. The van der Waals surface area contributed by atoms with E-state index in [-0.39, 0.29) is 17.7 Å². The Kier molecular flexibility index (Phi) is 6.82. The quantitative estimate of drug-likeness (QED) is 0.607. The molecule has 3 heterocycles. The van der Waals surface area contributed by atoms with Gasteiger partial charge in [-0.05, 0) is 43.4 Å². The second-order valence-corrected chi connectivity index (χ2v) is 9.29. The lowest BCUT2D eigenvalue weighted by Gasteiger charge is -2.41. The molecule has 0 radical (unpaired) electrons. The van der Waals surface area contributed by atoms with Crippen molar-refractivity contribution in [1.82, 2.24) is 10.2 Å². The molecule has 9 nitrogen and oxygen atoms in total. The third kappa shape index (κ3) is 4.17. The molecular formula is C27H31N3O6. The molecule has 1 unspecified atom stereocenters. The summed E-state index contributed by atoms with van der Waals surface area (Å²) in [6, 6.07) is 10.7. The van der Waals surface area contributed by atoms with Crippen molar-refractivity contribution in [3.8, 4) is 11.5 Å². The second kappa shape index (κ2) is 10.2. The number of nitrogens with zero attached hydrogens (tertiary/aromatic N) is 2. The number of carbonyl (C=O) groups is 3. The van der Waals surface area contributed by atoms with Crippen molar-refractivity contribution in [2.75, 3.05) is 45.4 Å². The van der Waals surface area contributed by atoms with Gasteiger partial charge in [0.05, 0.1) is 31.0 Å². The Morgan fingerprint density at radius 1 is 1.06 bits per heavy atom. The molecule has 0 saturated carbocycles. The normalized spacial score (nSPS) is 19.0. The van der Waals surface area contributed by atoms with Crippen LogP contribution >= 0.6 is 0 Å². The van der Waals surface area contributed by atoms with E-state index in [1.165, 1.54) is 14.2 Å². The molecule has 0 bridgehead atoms. The molecular weight excluding hydrogens is 462 g/mol. The van der Waals surface area contributed by atoms with Gasteiger partial charge >= 0.3 is 0 Å². The van der Waals surface area contributed by atoms with Gasteiger partial charge in [-0.3, -0.25) is 19.3 Å². The van der Waals surface area contributed by atoms with Gasteiger partial charge < -0.3 is 24.4 Å². The number of ether oxygens (including phenoxy) is 3. The first-order valence-corrected chi connectivity index (χ1v) is 12.4. The van der Waals surface area contributed by atoms with Crippen molar-refractivity contribution in [3.05, 3.63) is 53.1 Å². The Morgan fingerprint density at radius 2 is 1.83 bits per heavy atom. The van der Waals surface area contributed by atoms with E-state index >= 15 is 0 Å². The fourth-order valence-electron chi connectivity index (χ4n) is 5.36. The molecule has 1 fully saturated rings. The van der Waals surface area contributed by atoms with E-state index in [9.17, 15) is 14.4 Å². The number of hydrogen-bond donors (Lipinski definition) is 1. The van der Waals surface area contributed by atoms with Crippen LogP contribution in [0.5, 0.6) is 11.5 Å². The lowest BCUT2D eigenvalue weighted by molar-refractivity contribution is -0.121. The van der Waals surface area contributed by atoms with Gasteiger partial charge in [0.15, 0.2) is 11.5 Å². The highest BCUT2D eigenvalue weighted by molar-refractivity contribution is 6.18. The zero-order valence-corrected chi connectivity index (χ0v) is 20.6. The van der Waals surface area contributed by atoms with Gasteiger partial charge in [0.1, 0.15) is 6.17 Å². The SMILES string of the molecule is COc1ccc2c(c1OC)C(=O)N1c3ccccc3C(=O)N(CCCC(=O)NCC3CCOCC3)C21. The molecule has 0 aliphatic carbocycles. The molecule has 3 amide bonds. The number of para-hydroxylation sites is 1. The van der Waals surface area contributed by atoms with E-state index < -0.39 is 6.17 Å². The maximum atomic E-state index is 13.7. The van der Waals surface area contributed by atoms with Crippen LogP contribution in [-0.2, 0) is 9.53 Å². The van der Waals surface area contributed by atoms with E-state index in [1.54, 1.807) is 34.1 Å². The van der Waals surface area contributed by atoms with Crippen LogP contribution in [0.4, 0.5) is 5.69 Å². The van der Waals surface area contributed by atoms with Crippen LogP contribution in [0.3, 0.4) is 0 Å². The molecule has 36 heavy (non-hydrogen) atoms. The van der Waals surface area contributed by atoms with Crippen LogP contribution in [-0.4, -0.2) is 63.1 Å². The van der Waals surface area contributed by atoms with Crippen LogP contribution in [0.1, 0.15) is 58.1 Å². The Bertz CT molecular complexity index is 1180. The lowest BCUT2D eigenvalue weighted by atomic mass is 10.0. The van der Waals surface area contributed by atoms with Crippen molar-refractivity contribution in [1.29, 1.82) is 0 Å². The molecule has 5 rings (SSSR count). The lowest BCUT2D eigenvalue weighted by Crippen LogP contribution is -2.48. The number of fused-ring (bicyclic) bond motifs is 5. The summed E-state index contributed by atoms with van der Waals surface area (Å²) in [6.45, 7) is 2.47. The minimum Gasteiger partial charge on any atom is -0.493 e. The second-order valence-electron chi connectivity index (χ2n) is 9.29. The third-order valence-corrected chi connectivity index (χ3v) is 7.21. The monoisotopic (exact) mass is 493 g/mol. The van der Waals surface area contributed by atoms with Gasteiger partial charge in [-0.2, -0.15) is 0 Å². The minimum atomic E-state index is -0.611. The van der Waals surface area contributed by atoms with Gasteiger partial charge in [0.2, 0.25) is 5.91 Å². The Hall–Kier alpha value is -3.59. The number of carbonyl (C=O) groups excluding carboxylic acids is 3. The molecule has 1 saturated heterocycles. The maximum absolute atomic E-state index is 13.7. The summed E-state index contributed by atoms with van der Waals surface area (Å²) in [5.41, 5.74) is 2.11. The molecule has 3 aliphatic heterocycles. The summed E-state index contributed by atoms with van der Waals surface area (Å²) in [5.74, 6) is 0.820. The number of rotatable bonds is 8. The molecule has 0 spiro atoms. The molecule has 190 valence electrons. The number of benzene rings is 2.